The molecule has 2 rings (SSSR count). The smallest absolute Gasteiger partial charge is 0.252 e. The van der Waals surface area contributed by atoms with Gasteiger partial charge in [-0.15, -0.1) is 0 Å². The van der Waals surface area contributed by atoms with Crippen molar-refractivity contribution in [1.29, 1.82) is 0 Å². The number of halogens is 1. The van der Waals surface area contributed by atoms with Crippen LogP contribution in [-0.2, 0) is 10.0 Å². The van der Waals surface area contributed by atoms with Crippen molar-refractivity contribution in [3.63, 3.8) is 0 Å². The molecule has 0 saturated carbocycles. The van der Waals surface area contributed by atoms with Gasteiger partial charge in [-0.3, -0.25) is 4.72 Å². The summed E-state index contributed by atoms with van der Waals surface area (Å²) >= 11 is 6.49. The molecule has 0 aliphatic heterocycles. The van der Waals surface area contributed by atoms with Gasteiger partial charge in [-0.05, 0) is 17.3 Å². The summed E-state index contributed by atoms with van der Waals surface area (Å²) in [4.78, 5) is 3.55. The Hall–Kier alpha value is -1.32. The molecule has 0 aliphatic carbocycles. The third-order valence-corrected chi connectivity index (χ3v) is 3.96. The predicted molar refractivity (Wildman–Crippen MR) is 57.8 cm³/mol. The van der Waals surface area contributed by atoms with E-state index in [0.29, 0.717) is 0 Å². The van der Waals surface area contributed by atoms with Crippen LogP contribution in [0.5, 0.6) is 0 Å². The molecular formula is C6H4ClN5O2S2. The first kappa shape index (κ1) is 11.2. The van der Waals surface area contributed by atoms with E-state index in [1.165, 1.54) is 18.3 Å². The molecule has 0 spiro atoms. The summed E-state index contributed by atoms with van der Waals surface area (Å²) in [5.41, 5.74) is 0. The van der Waals surface area contributed by atoms with Crippen LogP contribution in [-0.4, -0.2) is 28.2 Å². The third kappa shape index (κ3) is 2.26. The summed E-state index contributed by atoms with van der Waals surface area (Å²) < 4.78 is 29.2. The van der Waals surface area contributed by atoms with Crippen LogP contribution in [0.3, 0.4) is 0 Å². The Morgan fingerprint density at radius 1 is 1.44 bits per heavy atom. The zero-order valence-electron chi connectivity index (χ0n) is 7.53. The highest BCUT2D eigenvalue weighted by Crippen LogP contribution is 2.20. The van der Waals surface area contributed by atoms with Crippen molar-refractivity contribution >= 4 is 38.3 Å². The molecule has 2 heterocycles. The molecule has 0 saturated heterocycles. The van der Waals surface area contributed by atoms with Gasteiger partial charge >= 0.3 is 0 Å². The number of nitrogens with zero attached hydrogens (tertiary/aromatic N) is 4. The minimum Gasteiger partial charge on any atom is -0.252 e. The molecule has 0 bridgehead atoms. The van der Waals surface area contributed by atoms with Crippen LogP contribution >= 0.6 is 23.1 Å². The monoisotopic (exact) mass is 277 g/mol. The number of hydrogen-bond donors (Lipinski definition) is 1. The zero-order valence-corrected chi connectivity index (χ0v) is 9.92. The van der Waals surface area contributed by atoms with E-state index in [9.17, 15) is 8.42 Å². The summed E-state index contributed by atoms with van der Waals surface area (Å²) in [5, 5.41) is 6.69. The van der Waals surface area contributed by atoms with E-state index in [1.54, 1.807) is 0 Å². The van der Waals surface area contributed by atoms with Crippen LogP contribution in [0.4, 0.5) is 5.13 Å². The van der Waals surface area contributed by atoms with Gasteiger partial charge in [0.25, 0.3) is 10.0 Å². The normalized spacial score (nSPS) is 11.3. The van der Waals surface area contributed by atoms with Crippen LogP contribution in [0, 0.1) is 0 Å². The minimum absolute atomic E-state index is 0.0694. The fourth-order valence-corrected chi connectivity index (χ4v) is 2.95. The number of anilines is 1. The van der Waals surface area contributed by atoms with Crippen molar-refractivity contribution in [1.82, 2.24) is 19.8 Å². The van der Waals surface area contributed by atoms with Crippen molar-refractivity contribution in [2.45, 2.75) is 4.90 Å². The van der Waals surface area contributed by atoms with Gasteiger partial charge in [-0.2, -0.15) is 0 Å². The highest BCUT2D eigenvalue weighted by atomic mass is 35.5. The maximum Gasteiger partial charge on any atom is 0.266 e. The van der Waals surface area contributed by atoms with Gasteiger partial charge in [-0.1, -0.05) is 21.2 Å². The molecule has 2 aromatic rings. The van der Waals surface area contributed by atoms with Crippen molar-refractivity contribution in [2.75, 3.05) is 4.72 Å². The Morgan fingerprint density at radius 3 is 2.88 bits per heavy atom. The fraction of sp³-hybridized carbons (Fsp3) is 0. The Balaban J connectivity index is 2.37. The van der Waals surface area contributed by atoms with E-state index in [2.05, 4.69) is 24.5 Å². The average molecular weight is 278 g/mol. The van der Waals surface area contributed by atoms with Crippen molar-refractivity contribution in [3.8, 4) is 0 Å². The summed E-state index contributed by atoms with van der Waals surface area (Å²) in [6.07, 6.45) is 1.40. The third-order valence-electron chi connectivity index (χ3n) is 1.54. The molecule has 0 aromatic carbocycles. The van der Waals surface area contributed by atoms with Crippen LogP contribution in [0.15, 0.2) is 23.2 Å². The molecule has 84 valence electrons. The zero-order chi connectivity index (χ0) is 11.6. The SMILES string of the molecule is O=S(=O)(Nc1nnns1)c1cccnc1Cl. The fourth-order valence-electron chi connectivity index (χ4n) is 0.915. The molecule has 0 radical (unpaired) electrons. The van der Waals surface area contributed by atoms with E-state index in [4.69, 9.17) is 11.6 Å². The molecule has 16 heavy (non-hydrogen) atoms. The molecule has 0 amide bonds. The first-order chi connectivity index (χ1) is 7.59. The largest absolute Gasteiger partial charge is 0.266 e. The van der Waals surface area contributed by atoms with Crippen LogP contribution < -0.4 is 4.72 Å². The Kier molecular flexibility index (Phi) is 2.99. The number of hydrogen-bond acceptors (Lipinski definition) is 7. The lowest BCUT2D eigenvalue weighted by molar-refractivity contribution is 0.600. The van der Waals surface area contributed by atoms with Gasteiger partial charge in [0.15, 0.2) is 0 Å². The number of sulfonamides is 1. The summed E-state index contributed by atoms with van der Waals surface area (Å²) in [6, 6.07) is 2.81. The summed E-state index contributed by atoms with van der Waals surface area (Å²) in [5.74, 6) is 0. The number of rotatable bonds is 3. The van der Waals surface area contributed by atoms with Crippen molar-refractivity contribution < 1.29 is 8.42 Å². The van der Waals surface area contributed by atoms with Crippen molar-refractivity contribution in [3.05, 3.63) is 23.5 Å². The number of nitrogens with one attached hydrogen (secondary N) is 1. The second-order valence-electron chi connectivity index (χ2n) is 2.57. The highest BCUT2D eigenvalue weighted by Gasteiger charge is 2.19. The standard InChI is InChI=1S/C6H4ClN5O2S2/c7-5-4(2-1-3-8-5)16(13,14)10-6-9-11-12-15-6/h1-3H,(H,9,10,12). The van der Waals surface area contributed by atoms with E-state index in [0.717, 1.165) is 11.5 Å². The highest BCUT2D eigenvalue weighted by molar-refractivity contribution is 7.93. The van der Waals surface area contributed by atoms with Gasteiger partial charge in [0.1, 0.15) is 10.0 Å². The van der Waals surface area contributed by atoms with E-state index in [-0.39, 0.29) is 15.2 Å². The molecular weight excluding hydrogens is 274 g/mol. The minimum atomic E-state index is -3.79. The quantitative estimate of drug-likeness (QED) is 0.833. The Morgan fingerprint density at radius 2 is 2.25 bits per heavy atom. The van der Waals surface area contributed by atoms with Gasteiger partial charge in [0.2, 0.25) is 5.13 Å². The topological polar surface area (TPSA) is 97.7 Å². The number of aromatic nitrogens is 4. The van der Waals surface area contributed by atoms with Gasteiger partial charge in [0.05, 0.1) is 0 Å². The predicted octanol–water partition coefficient (Wildman–Crippen LogP) is 0.782. The van der Waals surface area contributed by atoms with Crippen LogP contribution in [0.1, 0.15) is 0 Å². The second kappa shape index (κ2) is 4.28. The summed E-state index contributed by atoms with van der Waals surface area (Å²) in [6.45, 7) is 0. The Labute approximate surface area is 99.7 Å². The van der Waals surface area contributed by atoms with Crippen LogP contribution in [0.2, 0.25) is 5.15 Å². The number of pyridine rings is 1. The first-order valence-corrected chi connectivity index (χ1v) is 6.51. The molecule has 2 aromatic heterocycles. The lowest BCUT2D eigenvalue weighted by atomic mass is 10.5. The van der Waals surface area contributed by atoms with Gasteiger partial charge in [0, 0.05) is 17.7 Å². The van der Waals surface area contributed by atoms with Crippen molar-refractivity contribution in [2.24, 2.45) is 0 Å². The van der Waals surface area contributed by atoms with E-state index < -0.39 is 10.0 Å². The van der Waals surface area contributed by atoms with E-state index in [1.807, 2.05) is 0 Å². The molecule has 0 unspecified atom stereocenters. The van der Waals surface area contributed by atoms with Gasteiger partial charge < -0.3 is 0 Å². The van der Waals surface area contributed by atoms with Crippen LogP contribution in [0.25, 0.3) is 0 Å². The maximum atomic E-state index is 11.8. The lowest BCUT2D eigenvalue weighted by Gasteiger charge is -2.04. The maximum absolute atomic E-state index is 11.8. The average Bonchev–Trinajstić information content (AvgIpc) is 2.70. The second-order valence-corrected chi connectivity index (χ2v) is 5.31. The van der Waals surface area contributed by atoms with E-state index >= 15 is 0 Å². The molecule has 0 atom stereocenters. The Bertz CT molecular complexity index is 585. The molecule has 0 aliphatic rings. The summed E-state index contributed by atoms with van der Waals surface area (Å²) in [7, 11) is -3.79. The molecule has 10 heteroatoms. The molecule has 0 fully saturated rings. The molecule has 1 N–H and O–H groups in total. The van der Waals surface area contributed by atoms with Gasteiger partial charge in [-0.25, -0.2) is 13.4 Å². The lowest BCUT2D eigenvalue weighted by Crippen LogP contribution is -2.13. The first-order valence-electron chi connectivity index (χ1n) is 3.88. The molecule has 7 nitrogen and oxygen atoms in total.